The van der Waals surface area contributed by atoms with Crippen LogP contribution in [0.2, 0.25) is 5.02 Å². The summed E-state index contributed by atoms with van der Waals surface area (Å²) in [7, 11) is 1.63. The summed E-state index contributed by atoms with van der Waals surface area (Å²) >= 11 is 6.03. The number of likely N-dealkylation sites (N-methyl/N-ethyl adjacent to an activating group) is 1. The van der Waals surface area contributed by atoms with Gasteiger partial charge in [0, 0.05) is 16.1 Å². The fourth-order valence-corrected chi connectivity index (χ4v) is 2.65. The number of ketones is 1. The number of nitrogens with one attached hydrogen (secondary N) is 1. The SMILES string of the molecule is CCOC(=O)CN(C)CC(=O)Nc1ccc(Cl)cc1C(=O)c1ccccc1.Cl. The van der Waals surface area contributed by atoms with Crippen molar-refractivity contribution in [1.29, 1.82) is 0 Å². The second-order valence-corrected chi connectivity index (χ2v) is 6.35. The lowest BCUT2D eigenvalue weighted by Crippen LogP contribution is -2.34. The minimum atomic E-state index is -0.403. The number of esters is 1. The molecular weight excluding hydrogens is 403 g/mol. The van der Waals surface area contributed by atoms with Crippen molar-refractivity contribution < 1.29 is 19.1 Å². The fourth-order valence-electron chi connectivity index (χ4n) is 2.48. The van der Waals surface area contributed by atoms with Crippen LogP contribution in [0.4, 0.5) is 5.69 Å². The molecule has 0 saturated heterocycles. The summed E-state index contributed by atoms with van der Waals surface area (Å²) in [6.07, 6.45) is 0. The Kier molecular flexibility index (Phi) is 9.65. The number of hydrogen-bond acceptors (Lipinski definition) is 5. The smallest absolute Gasteiger partial charge is 0.320 e. The molecule has 0 unspecified atom stereocenters. The van der Waals surface area contributed by atoms with Gasteiger partial charge in [0.05, 0.1) is 25.4 Å². The van der Waals surface area contributed by atoms with Crippen LogP contribution in [0.5, 0.6) is 0 Å². The van der Waals surface area contributed by atoms with Crippen LogP contribution in [0.1, 0.15) is 22.8 Å². The Labute approximate surface area is 175 Å². The third kappa shape index (κ3) is 6.96. The Morgan fingerprint density at radius 3 is 2.39 bits per heavy atom. The molecule has 2 rings (SSSR count). The van der Waals surface area contributed by atoms with Crippen LogP contribution in [-0.4, -0.2) is 49.3 Å². The van der Waals surface area contributed by atoms with Gasteiger partial charge in [-0.05, 0) is 32.2 Å². The quantitative estimate of drug-likeness (QED) is 0.518. The molecule has 6 nitrogen and oxygen atoms in total. The monoisotopic (exact) mass is 424 g/mol. The first-order valence-corrected chi connectivity index (χ1v) is 8.81. The zero-order chi connectivity index (χ0) is 19.8. The molecule has 0 spiro atoms. The van der Waals surface area contributed by atoms with E-state index in [2.05, 4.69) is 5.32 Å². The van der Waals surface area contributed by atoms with E-state index in [9.17, 15) is 14.4 Å². The largest absolute Gasteiger partial charge is 0.465 e. The van der Waals surface area contributed by atoms with Crippen LogP contribution in [0, 0.1) is 0 Å². The molecule has 0 aliphatic carbocycles. The van der Waals surface area contributed by atoms with Gasteiger partial charge in [0.15, 0.2) is 5.78 Å². The second-order valence-electron chi connectivity index (χ2n) is 5.91. The van der Waals surface area contributed by atoms with Gasteiger partial charge in [-0.3, -0.25) is 19.3 Å². The molecule has 0 fully saturated rings. The van der Waals surface area contributed by atoms with E-state index in [4.69, 9.17) is 16.3 Å². The Hall–Kier alpha value is -2.41. The van der Waals surface area contributed by atoms with Gasteiger partial charge in [0.25, 0.3) is 0 Å². The highest BCUT2D eigenvalue weighted by molar-refractivity contribution is 6.31. The lowest BCUT2D eigenvalue weighted by atomic mass is 10.0. The molecule has 2 aromatic carbocycles. The van der Waals surface area contributed by atoms with Gasteiger partial charge in [-0.25, -0.2) is 0 Å². The topological polar surface area (TPSA) is 75.7 Å². The molecule has 0 atom stereocenters. The lowest BCUT2D eigenvalue weighted by molar-refractivity contribution is -0.144. The van der Waals surface area contributed by atoms with Crippen molar-refractivity contribution in [1.82, 2.24) is 4.90 Å². The van der Waals surface area contributed by atoms with Crippen molar-refractivity contribution in [2.45, 2.75) is 6.92 Å². The van der Waals surface area contributed by atoms with Crippen molar-refractivity contribution >= 4 is 47.4 Å². The average Bonchev–Trinajstić information content (AvgIpc) is 2.63. The maximum atomic E-state index is 12.8. The van der Waals surface area contributed by atoms with E-state index in [1.165, 1.54) is 11.0 Å². The van der Waals surface area contributed by atoms with E-state index in [0.717, 1.165) is 0 Å². The summed E-state index contributed by atoms with van der Waals surface area (Å²) in [5, 5.41) is 3.11. The highest BCUT2D eigenvalue weighted by Crippen LogP contribution is 2.23. The van der Waals surface area contributed by atoms with E-state index in [0.29, 0.717) is 21.8 Å². The zero-order valence-corrected chi connectivity index (χ0v) is 17.2. The minimum Gasteiger partial charge on any atom is -0.465 e. The number of halogens is 2. The second kappa shape index (κ2) is 11.4. The summed E-state index contributed by atoms with van der Waals surface area (Å²) in [5.74, 6) is -1.00. The van der Waals surface area contributed by atoms with E-state index in [1.54, 1.807) is 50.4 Å². The molecule has 2 aromatic rings. The maximum absolute atomic E-state index is 12.8. The van der Waals surface area contributed by atoms with Crippen molar-refractivity contribution in [3.63, 3.8) is 0 Å². The number of rotatable bonds is 8. The number of benzene rings is 2. The average molecular weight is 425 g/mol. The molecule has 0 aromatic heterocycles. The van der Waals surface area contributed by atoms with Crippen LogP contribution in [0.3, 0.4) is 0 Å². The Morgan fingerprint density at radius 1 is 1.07 bits per heavy atom. The molecule has 0 saturated carbocycles. The summed E-state index contributed by atoms with van der Waals surface area (Å²) in [4.78, 5) is 38.1. The van der Waals surface area contributed by atoms with Gasteiger partial charge in [-0.15, -0.1) is 12.4 Å². The number of ether oxygens (including phenoxy) is 1. The van der Waals surface area contributed by atoms with Crippen molar-refractivity contribution in [3.8, 4) is 0 Å². The number of amides is 1. The maximum Gasteiger partial charge on any atom is 0.320 e. The summed E-state index contributed by atoms with van der Waals surface area (Å²) in [5.41, 5.74) is 1.16. The van der Waals surface area contributed by atoms with Gasteiger partial charge in [-0.2, -0.15) is 0 Å². The minimum absolute atomic E-state index is 0. The first kappa shape index (κ1) is 23.6. The molecule has 0 radical (unpaired) electrons. The lowest BCUT2D eigenvalue weighted by Gasteiger charge is -2.16. The van der Waals surface area contributed by atoms with Gasteiger partial charge < -0.3 is 10.1 Å². The van der Waals surface area contributed by atoms with Crippen LogP contribution in [0.15, 0.2) is 48.5 Å². The van der Waals surface area contributed by atoms with E-state index in [-0.39, 0.29) is 43.8 Å². The predicted molar refractivity (Wildman–Crippen MR) is 111 cm³/mol. The molecule has 0 aliphatic rings. The number of carbonyl (C=O) groups excluding carboxylic acids is 3. The molecule has 150 valence electrons. The van der Waals surface area contributed by atoms with Crippen LogP contribution >= 0.6 is 24.0 Å². The first-order chi connectivity index (χ1) is 12.9. The molecule has 8 heteroatoms. The van der Waals surface area contributed by atoms with Crippen LogP contribution in [0.25, 0.3) is 0 Å². The third-order valence-electron chi connectivity index (χ3n) is 3.65. The molecule has 0 aliphatic heterocycles. The van der Waals surface area contributed by atoms with E-state index >= 15 is 0 Å². The Bertz CT molecular complexity index is 828. The Balaban J connectivity index is 0.00000392. The van der Waals surface area contributed by atoms with Gasteiger partial charge >= 0.3 is 5.97 Å². The first-order valence-electron chi connectivity index (χ1n) is 8.44. The van der Waals surface area contributed by atoms with E-state index in [1.807, 2.05) is 6.07 Å². The van der Waals surface area contributed by atoms with Crippen LogP contribution in [-0.2, 0) is 14.3 Å². The summed E-state index contributed by atoms with van der Waals surface area (Å²) < 4.78 is 4.85. The van der Waals surface area contributed by atoms with Crippen molar-refractivity contribution in [2.75, 3.05) is 32.1 Å². The zero-order valence-electron chi connectivity index (χ0n) is 15.6. The van der Waals surface area contributed by atoms with Gasteiger partial charge in [-0.1, -0.05) is 41.9 Å². The highest BCUT2D eigenvalue weighted by Gasteiger charge is 2.17. The Morgan fingerprint density at radius 2 is 1.75 bits per heavy atom. The fraction of sp³-hybridized carbons (Fsp3) is 0.250. The molecule has 1 amide bonds. The molecule has 28 heavy (non-hydrogen) atoms. The predicted octanol–water partition coefficient (Wildman–Crippen LogP) is 3.43. The summed E-state index contributed by atoms with van der Waals surface area (Å²) in [6, 6.07) is 13.4. The van der Waals surface area contributed by atoms with E-state index < -0.39 is 5.97 Å². The number of carbonyl (C=O) groups is 3. The molecule has 0 heterocycles. The van der Waals surface area contributed by atoms with Crippen molar-refractivity contribution in [3.05, 3.63) is 64.7 Å². The van der Waals surface area contributed by atoms with Crippen LogP contribution < -0.4 is 5.32 Å². The normalized spacial score (nSPS) is 10.1. The summed E-state index contributed by atoms with van der Waals surface area (Å²) in [6.45, 7) is 1.98. The molecule has 0 bridgehead atoms. The molecule has 1 N–H and O–H groups in total. The standard InChI is InChI=1S/C20H21ClN2O4.ClH/c1-3-27-19(25)13-23(2)12-18(24)22-17-10-9-15(21)11-16(17)20(26)14-7-5-4-6-8-14;/h4-11H,3,12-13H2,1-2H3,(H,22,24);1H. The molecular formula is C20H22Cl2N2O4. The number of nitrogens with zero attached hydrogens (tertiary/aromatic N) is 1. The highest BCUT2D eigenvalue weighted by atomic mass is 35.5. The van der Waals surface area contributed by atoms with Gasteiger partial charge in [0.2, 0.25) is 5.91 Å². The van der Waals surface area contributed by atoms with Gasteiger partial charge in [0.1, 0.15) is 0 Å². The van der Waals surface area contributed by atoms with Crippen molar-refractivity contribution in [2.24, 2.45) is 0 Å². The number of anilines is 1. The third-order valence-corrected chi connectivity index (χ3v) is 3.89. The number of hydrogen-bond donors (Lipinski definition) is 1.